The van der Waals surface area contributed by atoms with E-state index < -0.39 is 11.9 Å². The van der Waals surface area contributed by atoms with Crippen LogP contribution in [0.15, 0.2) is 28.2 Å². The van der Waals surface area contributed by atoms with Crippen molar-refractivity contribution < 1.29 is 14.4 Å². The molecule has 0 bridgehead atoms. The van der Waals surface area contributed by atoms with Crippen molar-refractivity contribution in [2.75, 3.05) is 5.32 Å². The minimum absolute atomic E-state index is 0.200. The van der Waals surface area contributed by atoms with Crippen LogP contribution in [0.2, 0.25) is 0 Å². The maximum atomic E-state index is 11.4. The Hall–Kier alpha value is -2.37. The van der Waals surface area contributed by atoms with Gasteiger partial charge in [-0.25, -0.2) is 4.79 Å². The predicted octanol–water partition coefficient (Wildman–Crippen LogP) is -0.0230. The van der Waals surface area contributed by atoms with Gasteiger partial charge in [-0.1, -0.05) is 6.07 Å². The molecule has 1 aromatic rings. The van der Waals surface area contributed by atoms with Gasteiger partial charge in [-0.2, -0.15) is 9.98 Å². The summed E-state index contributed by atoms with van der Waals surface area (Å²) in [6.07, 6.45) is -0.200. The number of nitrogens with one attached hydrogen (secondary N) is 1. The molecule has 6 nitrogen and oxygen atoms in total. The second kappa shape index (κ2) is 4.25. The molecule has 0 aliphatic carbocycles. The van der Waals surface area contributed by atoms with Crippen LogP contribution in [0.3, 0.4) is 0 Å². The molecule has 86 valence electrons. The van der Waals surface area contributed by atoms with Crippen LogP contribution in [0.5, 0.6) is 0 Å². The monoisotopic (exact) mass is 231 g/mol. The summed E-state index contributed by atoms with van der Waals surface area (Å²) in [5, 5.41) is 3.30. The summed E-state index contributed by atoms with van der Waals surface area (Å²) < 4.78 is 0. The van der Waals surface area contributed by atoms with Crippen LogP contribution in [0.1, 0.15) is 13.3 Å². The molecule has 1 heterocycles. The van der Waals surface area contributed by atoms with Crippen LogP contribution in [-0.4, -0.2) is 17.7 Å². The Morgan fingerprint density at radius 3 is 2.76 bits per heavy atom. The van der Waals surface area contributed by atoms with Crippen molar-refractivity contribution in [3.05, 3.63) is 28.9 Å². The lowest BCUT2D eigenvalue weighted by atomic mass is 10.2. The third-order valence-electron chi connectivity index (χ3n) is 2.12. The van der Waals surface area contributed by atoms with E-state index in [4.69, 9.17) is 0 Å². The van der Waals surface area contributed by atoms with Crippen LogP contribution >= 0.6 is 0 Å². The lowest BCUT2D eigenvalue weighted by molar-refractivity contribution is -0.124. The highest BCUT2D eigenvalue weighted by Crippen LogP contribution is 2.00. The van der Waals surface area contributed by atoms with Gasteiger partial charge in [-0.15, -0.1) is 0 Å². The SMILES string of the molecule is CC(=O)CC(=O)Nc1cccc2c1=NC(=O)N=2. The number of para-hydroxylation sites is 1. The van der Waals surface area contributed by atoms with E-state index in [1.165, 1.54) is 6.92 Å². The number of benzene rings is 1. The molecule has 1 aromatic carbocycles. The van der Waals surface area contributed by atoms with Crippen LogP contribution in [0, 0.1) is 0 Å². The van der Waals surface area contributed by atoms with Crippen LogP contribution in [-0.2, 0) is 9.59 Å². The summed E-state index contributed by atoms with van der Waals surface area (Å²) in [5.41, 5.74) is 0.392. The number of carbonyl (C=O) groups is 3. The van der Waals surface area contributed by atoms with Crippen molar-refractivity contribution in [2.45, 2.75) is 13.3 Å². The summed E-state index contributed by atoms with van der Waals surface area (Å²) in [5.74, 6) is -0.659. The van der Waals surface area contributed by atoms with Crippen molar-refractivity contribution >= 4 is 23.4 Å². The number of amides is 3. The number of anilines is 1. The summed E-state index contributed by atoms with van der Waals surface area (Å²) in [4.78, 5) is 40.5. The molecule has 17 heavy (non-hydrogen) atoms. The van der Waals surface area contributed by atoms with E-state index in [0.29, 0.717) is 16.4 Å². The van der Waals surface area contributed by atoms with E-state index in [1.54, 1.807) is 18.2 Å². The highest BCUT2D eigenvalue weighted by Gasteiger charge is 2.11. The van der Waals surface area contributed by atoms with Gasteiger partial charge < -0.3 is 5.32 Å². The number of urea groups is 1. The average molecular weight is 231 g/mol. The highest BCUT2D eigenvalue weighted by molar-refractivity contribution is 6.03. The maximum Gasteiger partial charge on any atom is 0.368 e. The zero-order valence-electron chi connectivity index (χ0n) is 9.06. The van der Waals surface area contributed by atoms with Gasteiger partial charge in [0.2, 0.25) is 5.91 Å². The van der Waals surface area contributed by atoms with E-state index in [0.717, 1.165) is 0 Å². The Balaban J connectivity index is 2.32. The summed E-state index contributed by atoms with van der Waals surface area (Å²) >= 11 is 0. The lowest BCUT2D eigenvalue weighted by Crippen LogP contribution is -2.28. The van der Waals surface area contributed by atoms with E-state index in [9.17, 15) is 14.4 Å². The number of fused-ring (bicyclic) bond motifs is 1. The van der Waals surface area contributed by atoms with Crippen molar-refractivity contribution in [3.63, 3.8) is 0 Å². The predicted molar refractivity (Wildman–Crippen MR) is 58.1 cm³/mol. The molecule has 0 radical (unpaired) electrons. The second-order valence-electron chi connectivity index (χ2n) is 3.61. The quantitative estimate of drug-likeness (QED) is 0.741. The Morgan fingerprint density at radius 1 is 1.29 bits per heavy atom. The molecular weight excluding hydrogens is 222 g/mol. The Kier molecular flexibility index (Phi) is 2.78. The van der Waals surface area contributed by atoms with Gasteiger partial charge >= 0.3 is 6.03 Å². The molecular formula is C11H9N3O3. The first-order chi connectivity index (χ1) is 8.06. The van der Waals surface area contributed by atoms with Crippen molar-refractivity contribution in [3.8, 4) is 0 Å². The Morgan fingerprint density at radius 2 is 2.06 bits per heavy atom. The van der Waals surface area contributed by atoms with Gasteiger partial charge in [0.25, 0.3) is 0 Å². The summed E-state index contributed by atoms with van der Waals surface area (Å²) in [7, 11) is 0. The molecule has 0 spiro atoms. The first-order valence-electron chi connectivity index (χ1n) is 4.96. The molecule has 1 aliphatic heterocycles. The van der Waals surface area contributed by atoms with E-state index >= 15 is 0 Å². The fraction of sp³-hybridized carbons (Fsp3) is 0.182. The molecule has 1 aliphatic rings. The molecule has 0 unspecified atom stereocenters. The van der Waals surface area contributed by atoms with E-state index in [1.807, 2.05) is 0 Å². The van der Waals surface area contributed by atoms with Crippen LogP contribution in [0.25, 0.3) is 0 Å². The second-order valence-corrected chi connectivity index (χ2v) is 3.61. The van der Waals surface area contributed by atoms with Gasteiger partial charge in [0.15, 0.2) is 0 Å². The van der Waals surface area contributed by atoms with Gasteiger partial charge in [0.05, 0.1) is 17.5 Å². The minimum atomic E-state index is -0.590. The lowest BCUT2D eigenvalue weighted by Gasteiger charge is -2.02. The number of ketones is 1. The highest BCUT2D eigenvalue weighted by atomic mass is 16.2. The summed E-state index contributed by atoms with van der Waals surface area (Å²) in [6.45, 7) is 1.33. The normalized spacial score (nSPS) is 12.4. The topological polar surface area (TPSA) is 88.0 Å². The zero-order valence-corrected chi connectivity index (χ0v) is 9.06. The molecule has 0 fully saturated rings. The van der Waals surface area contributed by atoms with Gasteiger partial charge in [0, 0.05) is 0 Å². The molecule has 2 rings (SSSR count). The smallest absolute Gasteiger partial charge is 0.324 e. The first-order valence-corrected chi connectivity index (χ1v) is 4.96. The van der Waals surface area contributed by atoms with Gasteiger partial charge in [-0.3, -0.25) is 9.59 Å². The average Bonchev–Trinajstić information content (AvgIpc) is 2.58. The molecule has 1 N–H and O–H groups in total. The van der Waals surface area contributed by atoms with Crippen LogP contribution < -0.4 is 16.0 Å². The third-order valence-corrected chi connectivity index (χ3v) is 2.12. The van der Waals surface area contributed by atoms with Crippen molar-refractivity contribution in [1.29, 1.82) is 0 Å². The zero-order chi connectivity index (χ0) is 12.4. The molecule has 6 heteroatoms. The van der Waals surface area contributed by atoms with E-state index in [2.05, 4.69) is 15.3 Å². The molecule has 0 saturated heterocycles. The minimum Gasteiger partial charge on any atom is -0.324 e. The molecule has 0 aromatic heterocycles. The third kappa shape index (κ3) is 2.41. The van der Waals surface area contributed by atoms with Crippen molar-refractivity contribution in [2.24, 2.45) is 9.98 Å². The van der Waals surface area contributed by atoms with Gasteiger partial charge in [0.1, 0.15) is 11.1 Å². The number of hydrogen-bond acceptors (Lipinski definition) is 3. The number of Topliss-reactive ketones (excluding diaryl/α,β-unsaturated/α-hetero) is 1. The Labute approximate surface area is 96.1 Å². The van der Waals surface area contributed by atoms with Gasteiger partial charge in [-0.05, 0) is 19.1 Å². The molecule has 0 saturated carbocycles. The maximum absolute atomic E-state index is 11.4. The number of nitrogens with zero attached hydrogens (tertiary/aromatic N) is 2. The standard InChI is InChI=1S/C11H9N3O3/c1-6(15)5-9(16)12-7-3-2-4-8-10(7)14-11(17)13-8/h2-4H,5H2,1H3,(H,12,16). The number of rotatable bonds is 3. The summed E-state index contributed by atoms with van der Waals surface area (Å²) in [6, 6.07) is 4.30. The first kappa shape index (κ1) is 11.1. The number of hydrogen-bond donors (Lipinski definition) is 1. The number of carbonyl (C=O) groups excluding carboxylic acids is 3. The van der Waals surface area contributed by atoms with E-state index in [-0.39, 0.29) is 12.2 Å². The van der Waals surface area contributed by atoms with Crippen molar-refractivity contribution in [1.82, 2.24) is 0 Å². The largest absolute Gasteiger partial charge is 0.368 e. The van der Waals surface area contributed by atoms with Crippen LogP contribution in [0.4, 0.5) is 10.5 Å². The Bertz CT molecular complexity index is 634. The fourth-order valence-corrected chi connectivity index (χ4v) is 1.48. The molecule has 3 amide bonds. The molecule has 0 atom stereocenters. The fourth-order valence-electron chi connectivity index (χ4n) is 1.48.